The maximum absolute atomic E-state index is 13.2. The molecule has 0 bridgehead atoms. The number of aromatic nitrogens is 1. The summed E-state index contributed by atoms with van der Waals surface area (Å²) in [6.07, 6.45) is 0.850. The first-order chi connectivity index (χ1) is 12.7. The van der Waals surface area contributed by atoms with Gasteiger partial charge in [0.15, 0.2) is 5.13 Å². The lowest BCUT2D eigenvalue weighted by Crippen LogP contribution is -2.32. The molecular weight excluding hydrogens is 344 g/mol. The third-order valence-corrected chi connectivity index (χ3v) is 4.77. The summed E-state index contributed by atoms with van der Waals surface area (Å²) in [6.45, 7) is 5.10. The Morgan fingerprint density at radius 1 is 1.08 bits per heavy atom. The fraction of sp³-hybridized carbons (Fsp3) is 0.238. The summed E-state index contributed by atoms with van der Waals surface area (Å²) in [5.41, 5.74) is 2.51. The quantitative estimate of drug-likeness (QED) is 0.572. The van der Waals surface area contributed by atoms with Crippen molar-refractivity contribution in [2.75, 3.05) is 18.1 Å². The topological polar surface area (TPSA) is 42.4 Å². The van der Waals surface area contributed by atoms with E-state index in [9.17, 15) is 4.79 Å². The predicted octanol–water partition coefficient (Wildman–Crippen LogP) is 5.27. The van der Waals surface area contributed by atoms with Crippen LogP contribution < -0.4 is 9.64 Å². The van der Waals surface area contributed by atoms with Gasteiger partial charge in [-0.15, -0.1) is 11.3 Å². The first kappa shape index (κ1) is 18.1. The molecule has 5 heteroatoms. The lowest BCUT2D eigenvalue weighted by Gasteiger charge is -2.20. The molecule has 1 aromatic heterocycles. The molecule has 0 saturated carbocycles. The molecule has 134 valence electrons. The minimum Gasteiger partial charge on any atom is -0.493 e. The lowest BCUT2D eigenvalue weighted by atomic mass is 10.1. The molecule has 26 heavy (non-hydrogen) atoms. The zero-order chi connectivity index (χ0) is 18.4. The number of carbonyl (C=O) groups is 1. The molecule has 3 rings (SSSR count). The van der Waals surface area contributed by atoms with Gasteiger partial charge in [-0.05, 0) is 25.5 Å². The monoisotopic (exact) mass is 366 g/mol. The summed E-state index contributed by atoms with van der Waals surface area (Å²) in [5.74, 6) is 0.533. The van der Waals surface area contributed by atoms with Gasteiger partial charge in [0, 0.05) is 17.5 Å². The highest BCUT2D eigenvalue weighted by Crippen LogP contribution is 2.30. The molecular formula is C21H22N2O2S. The van der Waals surface area contributed by atoms with Crippen molar-refractivity contribution in [2.45, 2.75) is 20.3 Å². The van der Waals surface area contributed by atoms with E-state index in [1.165, 1.54) is 11.3 Å². The van der Waals surface area contributed by atoms with Crippen LogP contribution in [0.5, 0.6) is 5.75 Å². The van der Waals surface area contributed by atoms with Crippen molar-refractivity contribution >= 4 is 22.4 Å². The summed E-state index contributed by atoms with van der Waals surface area (Å²) in [5, 5.41) is 2.71. The maximum Gasteiger partial charge on any atom is 0.263 e. The van der Waals surface area contributed by atoms with Crippen molar-refractivity contribution in [1.82, 2.24) is 4.98 Å². The number of nitrogens with zero attached hydrogens (tertiary/aromatic N) is 2. The number of hydrogen-bond donors (Lipinski definition) is 0. The molecule has 0 fully saturated rings. The SMILES string of the molecule is CCCN(C(=O)c1ccccc1OCC)c1nc(-c2ccccc2)cs1. The van der Waals surface area contributed by atoms with Gasteiger partial charge in [0.2, 0.25) is 0 Å². The largest absolute Gasteiger partial charge is 0.493 e. The minimum absolute atomic E-state index is 0.0788. The van der Waals surface area contributed by atoms with Crippen LogP contribution >= 0.6 is 11.3 Å². The molecule has 1 amide bonds. The fourth-order valence-electron chi connectivity index (χ4n) is 2.71. The summed E-state index contributed by atoms with van der Waals surface area (Å²) < 4.78 is 5.63. The number of anilines is 1. The Balaban J connectivity index is 1.93. The molecule has 3 aromatic rings. The number of para-hydroxylation sites is 1. The van der Waals surface area contributed by atoms with Crippen LogP contribution in [0.1, 0.15) is 30.6 Å². The maximum atomic E-state index is 13.2. The minimum atomic E-state index is -0.0788. The number of hydrogen-bond acceptors (Lipinski definition) is 4. The third-order valence-electron chi connectivity index (χ3n) is 3.90. The molecule has 2 aromatic carbocycles. The number of thiazole rings is 1. The van der Waals surface area contributed by atoms with Crippen LogP contribution in [-0.2, 0) is 0 Å². The van der Waals surface area contributed by atoms with E-state index >= 15 is 0 Å². The number of ether oxygens (including phenoxy) is 1. The molecule has 0 aliphatic carbocycles. The normalized spacial score (nSPS) is 10.5. The highest BCUT2D eigenvalue weighted by atomic mass is 32.1. The van der Waals surface area contributed by atoms with Gasteiger partial charge in [-0.2, -0.15) is 0 Å². The van der Waals surface area contributed by atoms with Crippen molar-refractivity contribution in [3.8, 4) is 17.0 Å². The molecule has 0 N–H and O–H groups in total. The van der Waals surface area contributed by atoms with Crippen LogP contribution in [0.25, 0.3) is 11.3 Å². The second kappa shape index (κ2) is 8.63. The van der Waals surface area contributed by atoms with Gasteiger partial charge in [-0.3, -0.25) is 9.69 Å². The van der Waals surface area contributed by atoms with Crippen LogP contribution in [-0.4, -0.2) is 24.0 Å². The van der Waals surface area contributed by atoms with Crippen LogP contribution in [0.4, 0.5) is 5.13 Å². The summed E-state index contributed by atoms with van der Waals surface area (Å²) in [6, 6.07) is 17.4. The zero-order valence-corrected chi connectivity index (χ0v) is 15.8. The Morgan fingerprint density at radius 3 is 2.54 bits per heavy atom. The molecule has 0 unspecified atom stereocenters. The van der Waals surface area contributed by atoms with Crippen LogP contribution in [0.2, 0.25) is 0 Å². The first-order valence-corrected chi connectivity index (χ1v) is 9.67. The van der Waals surface area contributed by atoms with Gasteiger partial charge in [-0.1, -0.05) is 49.4 Å². The van der Waals surface area contributed by atoms with Gasteiger partial charge in [0.1, 0.15) is 5.75 Å². The second-order valence-electron chi connectivity index (χ2n) is 5.77. The Kier molecular flexibility index (Phi) is 6.02. The second-order valence-corrected chi connectivity index (χ2v) is 6.60. The summed E-state index contributed by atoms with van der Waals surface area (Å²) in [4.78, 5) is 19.6. The first-order valence-electron chi connectivity index (χ1n) is 8.79. The van der Waals surface area contributed by atoms with Crippen LogP contribution in [0.3, 0.4) is 0 Å². The van der Waals surface area contributed by atoms with E-state index < -0.39 is 0 Å². The summed E-state index contributed by atoms with van der Waals surface area (Å²) >= 11 is 1.49. The molecule has 0 aliphatic rings. The molecule has 0 aliphatic heterocycles. The van der Waals surface area contributed by atoms with Gasteiger partial charge < -0.3 is 4.74 Å². The standard InChI is InChI=1S/C21H22N2O2S/c1-3-14-23(20(24)17-12-8-9-13-19(17)25-4-2)21-22-18(15-26-21)16-10-6-5-7-11-16/h5-13,15H,3-4,14H2,1-2H3. The molecule has 4 nitrogen and oxygen atoms in total. The van der Waals surface area contributed by atoms with E-state index in [4.69, 9.17) is 9.72 Å². The smallest absolute Gasteiger partial charge is 0.263 e. The van der Waals surface area contributed by atoms with Gasteiger partial charge in [0.25, 0.3) is 5.91 Å². The fourth-order valence-corrected chi connectivity index (χ4v) is 3.57. The number of carbonyl (C=O) groups excluding carboxylic acids is 1. The highest BCUT2D eigenvalue weighted by molar-refractivity contribution is 7.14. The predicted molar refractivity (Wildman–Crippen MR) is 107 cm³/mol. The van der Waals surface area contributed by atoms with Crippen molar-refractivity contribution < 1.29 is 9.53 Å². The van der Waals surface area contributed by atoms with Crippen molar-refractivity contribution in [3.05, 3.63) is 65.5 Å². The average Bonchev–Trinajstić information content (AvgIpc) is 3.17. The Morgan fingerprint density at radius 2 is 1.81 bits per heavy atom. The van der Waals surface area contributed by atoms with Crippen LogP contribution in [0.15, 0.2) is 60.0 Å². The van der Waals surface area contributed by atoms with E-state index in [0.29, 0.717) is 29.6 Å². The molecule has 1 heterocycles. The van der Waals surface area contributed by atoms with E-state index in [0.717, 1.165) is 17.7 Å². The Bertz CT molecular complexity index is 861. The highest BCUT2D eigenvalue weighted by Gasteiger charge is 2.23. The van der Waals surface area contributed by atoms with E-state index in [1.54, 1.807) is 4.90 Å². The zero-order valence-electron chi connectivity index (χ0n) is 15.0. The van der Waals surface area contributed by atoms with Gasteiger partial charge in [0.05, 0.1) is 17.9 Å². The number of benzene rings is 2. The van der Waals surface area contributed by atoms with Crippen LogP contribution in [0, 0.1) is 0 Å². The molecule has 0 radical (unpaired) electrons. The third kappa shape index (κ3) is 3.94. The summed E-state index contributed by atoms with van der Waals surface area (Å²) in [7, 11) is 0. The van der Waals surface area contributed by atoms with Crippen molar-refractivity contribution in [1.29, 1.82) is 0 Å². The van der Waals surface area contributed by atoms with E-state index in [-0.39, 0.29) is 5.91 Å². The number of amides is 1. The van der Waals surface area contributed by atoms with E-state index in [1.807, 2.05) is 66.9 Å². The Hall–Kier alpha value is -2.66. The lowest BCUT2D eigenvalue weighted by molar-refractivity contribution is 0.0983. The number of rotatable bonds is 7. The van der Waals surface area contributed by atoms with E-state index in [2.05, 4.69) is 6.92 Å². The molecule has 0 spiro atoms. The average molecular weight is 366 g/mol. The Labute approximate surface area is 158 Å². The van der Waals surface area contributed by atoms with Crippen molar-refractivity contribution in [3.63, 3.8) is 0 Å². The van der Waals surface area contributed by atoms with Crippen molar-refractivity contribution in [2.24, 2.45) is 0 Å². The van der Waals surface area contributed by atoms with Gasteiger partial charge >= 0.3 is 0 Å². The molecule has 0 saturated heterocycles. The van der Waals surface area contributed by atoms with Gasteiger partial charge in [-0.25, -0.2) is 4.98 Å². The molecule has 0 atom stereocenters.